The van der Waals surface area contributed by atoms with Crippen molar-refractivity contribution in [2.45, 2.75) is 118 Å². The van der Waals surface area contributed by atoms with Crippen LogP contribution in [0, 0.1) is 46.9 Å². The maximum Gasteiger partial charge on any atom is 3.00 e. The minimum Gasteiger partial charge on any atom is -0.472 e. The van der Waals surface area contributed by atoms with E-state index in [4.69, 9.17) is 28.9 Å². The van der Waals surface area contributed by atoms with Gasteiger partial charge in [0.05, 0.1) is 0 Å². The molecule has 0 unspecified atom stereocenters. The molecule has 0 saturated heterocycles. The quantitative estimate of drug-likeness (QED) is 0.116. The predicted molar refractivity (Wildman–Crippen MR) is 249 cm³/mol. The topological polar surface area (TPSA) is 79.4 Å². The summed E-state index contributed by atoms with van der Waals surface area (Å²) in [7, 11) is -8.92. The first kappa shape index (κ1) is 50.9. The molecule has 13 heteroatoms. The van der Waals surface area contributed by atoms with Crippen molar-refractivity contribution in [3.63, 3.8) is 0 Å². The molecule has 0 heterocycles. The Labute approximate surface area is 364 Å². The Hall–Kier alpha value is -1.11. The molecule has 0 aliphatic carbocycles. The normalized spacial score (nSPS) is 13.4. The van der Waals surface area contributed by atoms with Crippen LogP contribution in [0.5, 0.6) is 0 Å². The Bertz CT molecular complexity index is 1350. The molecule has 0 bridgehead atoms. The van der Waals surface area contributed by atoms with Gasteiger partial charge in [-0.05, 0) is 16.7 Å². The number of hydrogen-bond donors (Lipinski definition) is 0. The Morgan fingerprint density at radius 3 is 0.635 bits per heavy atom. The smallest absolute Gasteiger partial charge is 0.472 e. The molecule has 0 aromatic heterocycles. The summed E-state index contributed by atoms with van der Waals surface area (Å²) < 4.78 is 14.7. The largest absolute Gasteiger partial charge is 3.00 e. The van der Waals surface area contributed by atoms with Gasteiger partial charge in [-0.15, -0.1) is 0 Å². The second-order valence-electron chi connectivity index (χ2n) is 18.8. The molecule has 293 valence electrons. The Morgan fingerprint density at radius 2 is 0.500 bits per heavy atom. The van der Waals surface area contributed by atoms with Crippen molar-refractivity contribution in [1.82, 2.24) is 0 Å². The molecule has 0 spiro atoms. The van der Waals surface area contributed by atoms with Gasteiger partial charge >= 0.3 is 46.9 Å². The Kier molecular flexibility index (Phi) is 21.4. The molecular weight excluding hydrogens is 894 g/mol. The fourth-order valence-electron chi connectivity index (χ4n) is 4.13. The molecule has 1 radical (unpaired) electrons. The molecular formula is C39H69N6Si6Yb. The van der Waals surface area contributed by atoms with E-state index < -0.39 is 49.4 Å². The van der Waals surface area contributed by atoms with Crippen molar-refractivity contribution in [3.8, 4) is 0 Å². The second-order valence-corrected chi connectivity index (χ2v) is 46.2. The first-order valence-electron chi connectivity index (χ1n) is 18.2. The van der Waals surface area contributed by atoms with Gasteiger partial charge in [0, 0.05) is 49.4 Å². The van der Waals surface area contributed by atoms with E-state index in [1.54, 1.807) is 0 Å². The Morgan fingerprint density at radius 1 is 0.327 bits per heavy atom. The van der Waals surface area contributed by atoms with E-state index in [2.05, 4.69) is 191 Å². The summed E-state index contributed by atoms with van der Waals surface area (Å²) >= 11 is 0. The number of benzene rings is 3. The molecule has 3 rings (SSSR count). The predicted octanol–water partition coefficient (Wildman–Crippen LogP) is 13.4. The fourth-order valence-corrected chi connectivity index (χ4v) is 9.32. The van der Waals surface area contributed by atoms with E-state index in [-0.39, 0.29) is 46.9 Å². The van der Waals surface area contributed by atoms with Gasteiger partial charge in [-0.2, -0.15) is 0 Å². The van der Waals surface area contributed by atoms with E-state index in [1.807, 2.05) is 18.2 Å². The SMILES string of the molecule is C[Si](C)(C)/N=C(/[N-][Si](C)(C)C)c1ccccc1.C[Si](C)(C)/N=C(/[N-][Si](C)(C)C)c1ccccc1.C[Si](C)(C)/N=C(/[N-][Si](C)(C)C)c1ccccc1.[Yb+3]. The molecule has 0 aliphatic rings. The zero-order chi connectivity index (χ0) is 39.3. The van der Waals surface area contributed by atoms with Gasteiger partial charge in [0.15, 0.2) is 0 Å². The van der Waals surface area contributed by atoms with Crippen LogP contribution in [0.15, 0.2) is 105 Å². The number of amidine groups is 3. The van der Waals surface area contributed by atoms with Crippen LogP contribution in [0.4, 0.5) is 0 Å². The van der Waals surface area contributed by atoms with Gasteiger partial charge in [-0.25, -0.2) is 0 Å². The first-order chi connectivity index (χ1) is 23.0. The summed E-state index contributed by atoms with van der Waals surface area (Å²) in [5.74, 6) is 2.89. The van der Waals surface area contributed by atoms with Gasteiger partial charge in [0.25, 0.3) is 0 Å². The van der Waals surface area contributed by atoms with Crippen molar-refractivity contribution in [2.75, 3.05) is 0 Å². The standard InChI is InChI=1S/3C13H23N2Si2.Yb/c3*1-16(2,3)14-13(15-17(4,5)6)12-10-8-7-9-11-12;/h3*7-11H,1-6H3;/q3*-1;+3. The van der Waals surface area contributed by atoms with Crippen LogP contribution in [-0.4, -0.2) is 66.9 Å². The molecule has 52 heavy (non-hydrogen) atoms. The van der Waals surface area contributed by atoms with Crippen molar-refractivity contribution in [2.24, 2.45) is 14.0 Å². The van der Waals surface area contributed by atoms with Gasteiger partial charge in [0.2, 0.25) is 0 Å². The molecule has 0 aliphatic heterocycles. The van der Waals surface area contributed by atoms with E-state index >= 15 is 0 Å². The van der Waals surface area contributed by atoms with Crippen LogP contribution in [0.2, 0.25) is 118 Å². The molecule has 0 saturated carbocycles. The molecule has 3 aromatic rings. The number of rotatable bonds is 9. The Balaban J connectivity index is 0.000000743. The average Bonchev–Trinajstić information content (AvgIpc) is 2.94. The maximum atomic E-state index is 4.89. The third kappa shape index (κ3) is 26.6. The van der Waals surface area contributed by atoms with Gasteiger partial charge in [0.1, 0.15) is 0 Å². The van der Waals surface area contributed by atoms with Crippen molar-refractivity contribution >= 4 is 66.9 Å². The maximum absolute atomic E-state index is 4.89. The van der Waals surface area contributed by atoms with Crippen LogP contribution in [0.25, 0.3) is 14.9 Å². The molecule has 3 aromatic carbocycles. The minimum absolute atomic E-state index is 0. The third-order valence-corrected chi connectivity index (χ3v) is 11.0. The van der Waals surface area contributed by atoms with E-state index in [0.717, 1.165) is 34.2 Å². The van der Waals surface area contributed by atoms with Crippen molar-refractivity contribution < 1.29 is 46.9 Å². The second kappa shape index (κ2) is 21.8. The van der Waals surface area contributed by atoms with Crippen LogP contribution in [0.1, 0.15) is 16.7 Å². The molecule has 0 fully saturated rings. The van der Waals surface area contributed by atoms with Crippen LogP contribution >= 0.6 is 0 Å². The summed E-state index contributed by atoms with van der Waals surface area (Å²) in [6.07, 6.45) is 0. The van der Waals surface area contributed by atoms with Crippen LogP contribution in [-0.2, 0) is 0 Å². The van der Waals surface area contributed by atoms with E-state index in [1.165, 1.54) is 0 Å². The molecule has 0 amide bonds. The summed E-state index contributed by atoms with van der Waals surface area (Å²) in [5.41, 5.74) is 3.45. The van der Waals surface area contributed by atoms with Crippen LogP contribution < -0.4 is 0 Å². The number of hydrogen-bond acceptors (Lipinski definition) is 3. The molecule has 0 N–H and O–H groups in total. The van der Waals surface area contributed by atoms with Crippen LogP contribution in [0.3, 0.4) is 0 Å². The van der Waals surface area contributed by atoms with Crippen molar-refractivity contribution in [1.29, 1.82) is 0 Å². The third-order valence-electron chi connectivity index (χ3n) is 5.74. The zero-order valence-electron chi connectivity index (χ0n) is 35.6. The van der Waals surface area contributed by atoms with Gasteiger partial charge in [-0.1, -0.05) is 226 Å². The molecule has 6 nitrogen and oxygen atoms in total. The van der Waals surface area contributed by atoms with E-state index in [9.17, 15) is 0 Å². The average molecular weight is 964 g/mol. The minimum atomic E-state index is -1.49. The zero-order valence-corrected chi connectivity index (χ0v) is 43.3. The molecule has 0 atom stereocenters. The van der Waals surface area contributed by atoms with Crippen molar-refractivity contribution in [3.05, 3.63) is 123 Å². The fraction of sp³-hybridized carbons (Fsp3) is 0.462. The van der Waals surface area contributed by atoms with Gasteiger partial charge in [-0.3, -0.25) is 0 Å². The van der Waals surface area contributed by atoms with Gasteiger partial charge < -0.3 is 28.9 Å². The monoisotopic (exact) mass is 963 g/mol. The summed E-state index contributed by atoms with van der Waals surface area (Å²) in [4.78, 5) is 14.7. The first-order valence-corrected chi connectivity index (χ1v) is 38.8. The summed E-state index contributed by atoms with van der Waals surface area (Å²) in [5, 5.41) is 0. The van der Waals surface area contributed by atoms with E-state index in [0.29, 0.717) is 0 Å². The summed E-state index contributed by atoms with van der Waals surface area (Å²) in [6, 6.07) is 31.0. The summed E-state index contributed by atoms with van der Waals surface area (Å²) in [6.45, 7) is 40.4. The number of nitrogens with zero attached hydrogens (tertiary/aromatic N) is 6.